The van der Waals surface area contributed by atoms with Crippen molar-refractivity contribution in [2.24, 2.45) is 11.3 Å². The molecule has 0 aromatic rings. The third kappa shape index (κ3) is 9.74. The summed E-state index contributed by atoms with van der Waals surface area (Å²) in [4.78, 5) is 59.3. The Morgan fingerprint density at radius 3 is 2.16 bits per heavy atom. The summed E-state index contributed by atoms with van der Waals surface area (Å²) in [5.41, 5.74) is -0.117. The van der Waals surface area contributed by atoms with Crippen LogP contribution in [0.2, 0.25) is 0 Å². The average molecular weight is 608 g/mol. The van der Waals surface area contributed by atoms with Crippen LogP contribution >= 0.6 is 0 Å². The molecule has 0 aliphatic carbocycles. The molecule has 0 aromatic heterocycles. The fraction of sp³-hybridized carbons (Fsp3) is 0.812. The van der Waals surface area contributed by atoms with E-state index in [1.54, 1.807) is 24.9 Å². The van der Waals surface area contributed by atoms with Gasteiger partial charge in [0.2, 0.25) is 23.6 Å². The first-order valence-corrected chi connectivity index (χ1v) is 15.9. The van der Waals surface area contributed by atoms with E-state index in [1.165, 1.54) is 4.90 Å². The Labute approximate surface area is 258 Å². The molecule has 2 heterocycles. The highest BCUT2D eigenvalue weighted by atomic mass is 16.3. The zero-order valence-electron chi connectivity index (χ0n) is 27.9. The van der Waals surface area contributed by atoms with E-state index < -0.39 is 36.3 Å². The molecule has 0 radical (unpaired) electrons. The normalized spacial score (nSPS) is 22.3. The topological polar surface area (TPSA) is 143 Å². The van der Waals surface area contributed by atoms with Gasteiger partial charge in [0.05, 0.1) is 24.8 Å². The summed E-state index contributed by atoms with van der Waals surface area (Å²) < 4.78 is 0. The molecule has 5 atom stereocenters. The molecular weight excluding hydrogens is 550 g/mol. The van der Waals surface area contributed by atoms with Crippen LogP contribution < -0.4 is 10.6 Å². The number of likely N-dealkylation sites (tertiary alicyclic amines) is 2. The molecule has 0 spiro atoms. The minimum Gasteiger partial charge on any atom is -0.394 e. The molecule has 3 unspecified atom stereocenters. The lowest BCUT2D eigenvalue weighted by molar-refractivity contribution is -0.142. The lowest BCUT2D eigenvalue weighted by Crippen LogP contribution is -2.60. The number of piperidine rings is 1. The number of aliphatic hydroxyl groups is 2. The molecule has 0 saturated carbocycles. The van der Waals surface area contributed by atoms with E-state index in [0.29, 0.717) is 25.0 Å². The van der Waals surface area contributed by atoms with Crippen molar-refractivity contribution in [3.63, 3.8) is 0 Å². The molecular formula is C32H57N5O6. The monoisotopic (exact) mass is 607 g/mol. The number of nitrogens with one attached hydrogen (secondary N) is 2. The number of amides is 4. The number of hydrogen-bond acceptors (Lipinski definition) is 7. The Kier molecular flexibility index (Phi) is 13.6. The van der Waals surface area contributed by atoms with Crippen molar-refractivity contribution in [3.05, 3.63) is 11.6 Å². The second kappa shape index (κ2) is 16.0. The number of carbonyl (C=O) groups is 4. The summed E-state index contributed by atoms with van der Waals surface area (Å²) >= 11 is 0. The van der Waals surface area contributed by atoms with Crippen LogP contribution in [0.1, 0.15) is 87.5 Å². The lowest BCUT2D eigenvalue weighted by atomic mass is 9.84. The SMILES string of the molecule is C/C(=C\[C@H](C(C)C)N(C)C(=O)C(NC(=O)C1CCCCN1C(C)C)C(C)(C)C)C(=O)N1CCCC1C(=O)NC[C@H](O)CO. The van der Waals surface area contributed by atoms with Gasteiger partial charge in [-0.1, -0.05) is 47.1 Å². The summed E-state index contributed by atoms with van der Waals surface area (Å²) in [6, 6.07) is -1.88. The van der Waals surface area contributed by atoms with Crippen molar-refractivity contribution < 1.29 is 29.4 Å². The van der Waals surface area contributed by atoms with E-state index in [2.05, 4.69) is 29.4 Å². The van der Waals surface area contributed by atoms with Crippen molar-refractivity contribution in [1.82, 2.24) is 25.3 Å². The van der Waals surface area contributed by atoms with Crippen LogP contribution in [0.25, 0.3) is 0 Å². The third-order valence-corrected chi connectivity index (χ3v) is 8.68. The molecule has 2 saturated heterocycles. The van der Waals surface area contributed by atoms with Gasteiger partial charge in [-0.15, -0.1) is 0 Å². The first-order chi connectivity index (χ1) is 20.0. The summed E-state index contributed by atoms with van der Waals surface area (Å²) in [5, 5.41) is 24.3. The highest BCUT2D eigenvalue weighted by molar-refractivity contribution is 5.97. The number of carbonyl (C=O) groups excluding carboxylic acids is 4. The zero-order valence-corrected chi connectivity index (χ0v) is 27.9. The Morgan fingerprint density at radius 1 is 0.977 bits per heavy atom. The van der Waals surface area contributed by atoms with E-state index >= 15 is 0 Å². The Hall–Kier alpha value is -2.50. The van der Waals surface area contributed by atoms with E-state index in [-0.39, 0.29) is 48.2 Å². The molecule has 11 nitrogen and oxygen atoms in total. The van der Waals surface area contributed by atoms with Gasteiger partial charge in [-0.05, 0) is 64.3 Å². The van der Waals surface area contributed by atoms with Crippen LogP contribution in [0.15, 0.2) is 11.6 Å². The van der Waals surface area contributed by atoms with Gasteiger partial charge in [0.1, 0.15) is 12.1 Å². The molecule has 0 bridgehead atoms. The Morgan fingerprint density at radius 2 is 1.60 bits per heavy atom. The van der Waals surface area contributed by atoms with Crippen molar-refractivity contribution in [1.29, 1.82) is 0 Å². The third-order valence-electron chi connectivity index (χ3n) is 8.68. The van der Waals surface area contributed by atoms with Gasteiger partial charge in [-0.3, -0.25) is 24.1 Å². The molecule has 11 heteroatoms. The van der Waals surface area contributed by atoms with Gasteiger partial charge in [0, 0.05) is 31.8 Å². The molecule has 2 aliphatic heterocycles. The maximum atomic E-state index is 14.1. The Balaban J connectivity index is 2.23. The van der Waals surface area contributed by atoms with Gasteiger partial charge in [0.25, 0.3) is 0 Å². The zero-order chi connectivity index (χ0) is 32.6. The van der Waals surface area contributed by atoms with Crippen molar-refractivity contribution in [3.8, 4) is 0 Å². The maximum absolute atomic E-state index is 14.1. The Bertz CT molecular complexity index is 1010. The highest BCUT2D eigenvalue weighted by Gasteiger charge is 2.40. The summed E-state index contributed by atoms with van der Waals surface area (Å²) in [6.45, 7) is 16.4. The second-order valence-electron chi connectivity index (χ2n) is 13.9. The lowest BCUT2D eigenvalue weighted by Gasteiger charge is -2.41. The van der Waals surface area contributed by atoms with Crippen molar-refractivity contribution in [2.45, 2.75) is 124 Å². The molecule has 4 N–H and O–H groups in total. The molecule has 43 heavy (non-hydrogen) atoms. The smallest absolute Gasteiger partial charge is 0.249 e. The number of nitrogens with zero attached hydrogens (tertiary/aromatic N) is 3. The standard InChI is InChI=1S/C32H57N5O6/c1-20(2)26(17-22(5)30(42)37-16-12-14-24(37)28(40)33-18-23(39)19-38)35(9)31(43)27(32(6,7)8)34-29(41)25-13-10-11-15-36(25)21(3)4/h17,20-21,23-27,38-39H,10-16,18-19H2,1-9H3,(H,33,40)(H,34,41)/b22-17+/t23-,24?,25?,26+,27?/m0/s1. The van der Waals surface area contributed by atoms with Crippen LogP contribution in [0, 0.1) is 11.3 Å². The van der Waals surface area contributed by atoms with Crippen LogP contribution in [-0.4, -0.2) is 118 Å². The molecule has 0 aromatic carbocycles. The summed E-state index contributed by atoms with van der Waals surface area (Å²) in [5.74, 6) is -1.01. The maximum Gasteiger partial charge on any atom is 0.249 e. The number of aliphatic hydroxyl groups excluding tert-OH is 2. The van der Waals surface area contributed by atoms with Crippen molar-refractivity contribution in [2.75, 3.05) is 33.3 Å². The summed E-state index contributed by atoms with van der Waals surface area (Å²) in [7, 11) is 1.71. The molecule has 246 valence electrons. The van der Waals surface area contributed by atoms with Gasteiger partial charge < -0.3 is 30.6 Å². The van der Waals surface area contributed by atoms with E-state index in [9.17, 15) is 24.3 Å². The first-order valence-electron chi connectivity index (χ1n) is 15.9. The fourth-order valence-electron chi connectivity index (χ4n) is 6.08. The number of rotatable bonds is 12. The minimum atomic E-state index is -1.06. The molecule has 2 aliphatic rings. The minimum absolute atomic E-state index is 0.0274. The van der Waals surface area contributed by atoms with Gasteiger partial charge in [-0.25, -0.2) is 0 Å². The fourth-order valence-corrected chi connectivity index (χ4v) is 6.08. The predicted molar refractivity (Wildman–Crippen MR) is 167 cm³/mol. The van der Waals surface area contributed by atoms with E-state index in [1.807, 2.05) is 34.6 Å². The first kappa shape index (κ1) is 36.7. The number of hydrogen-bond donors (Lipinski definition) is 4. The van der Waals surface area contributed by atoms with Crippen molar-refractivity contribution >= 4 is 23.6 Å². The molecule has 2 rings (SSSR count). The van der Waals surface area contributed by atoms with Crippen LogP contribution in [0.4, 0.5) is 0 Å². The highest BCUT2D eigenvalue weighted by Crippen LogP contribution is 2.26. The van der Waals surface area contributed by atoms with Gasteiger partial charge in [-0.2, -0.15) is 0 Å². The van der Waals surface area contributed by atoms with Crippen LogP contribution in [-0.2, 0) is 19.2 Å². The largest absolute Gasteiger partial charge is 0.394 e. The average Bonchev–Trinajstić information content (AvgIpc) is 3.45. The second-order valence-corrected chi connectivity index (χ2v) is 13.9. The van der Waals surface area contributed by atoms with E-state index in [0.717, 1.165) is 25.8 Å². The molecule has 2 fully saturated rings. The van der Waals surface area contributed by atoms with Gasteiger partial charge >= 0.3 is 0 Å². The summed E-state index contributed by atoms with van der Waals surface area (Å²) in [6.07, 6.45) is 4.71. The predicted octanol–water partition coefficient (Wildman–Crippen LogP) is 1.67. The van der Waals surface area contributed by atoms with E-state index in [4.69, 9.17) is 5.11 Å². The van der Waals surface area contributed by atoms with Crippen LogP contribution in [0.5, 0.6) is 0 Å². The quantitative estimate of drug-likeness (QED) is 0.247. The van der Waals surface area contributed by atoms with Crippen LogP contribution in [0.3, 0.4) is 0 Å². The molecule has 4 amide bonds. The number of likely N-dealkylation sites (N-methyl/N-ethyl adjacent to an activating group) is 1. The van der Waals surface area contributed by atoms with Gasteiger partial charge in [0.15, 0.2) is 0 Å².